The lowest BCUT2D eigenvalue weighted by molar-refractivity contribution is -0.385. The highest BCUT2D eigenvalue weighted by atomic mass is 16.6. The van der Waals surface area contributed by atoms with E-state index in [-0.39, 0.29) is 29.2 Å². The highest BCUT2D eigenvalue weighted by molar-refractivity contribution is 5.94. The number of phenolic OH excluding ortho intramolecular Hbond substituents is 1. The van der Waals surface area contributed by atoms with Crippen LogP contribution in [0.4, 0.5) is 17.1 Å². The molecule has 0 heterocycles. The fraction of sp³-hybridized carbons (Fsp3) is 0.0714. The van der Waals surface area contributed by atoms with Gasteiger partial charge in [-0.25, -0.2) is 0 Å². The van der Waals surface area contributed by atoms with E-state index in [0.717, 1.165) is 18.2 Å². The number of rotatable bonds is 5. The maximum absolute atomic E-state index is 11.9. The van der Waals surface area contributed by atoms with Gasteiger partial charge in [-0.15, -0.1) is 0 Å². The summed E-state index contributed by atoms with van der Waals surface area (Å²) in [5.41, 5.74) is 0.0862. The highest BCUT2D eigenvalue weighted by Crippen LogP contribution is 2.27. The Morgan fingerprint density at radius 1 is 1.00 bits per heavy atom. The van der Waals surface area contributed by atoms with Crippen molar-refractivity contribution in [3.8, 4) is 5.75 Å². The summed E-state index contributed by atoms with van der Waals surface area (Å²) >= 11 is 0. The third kappa shape index (κ3) is 4.00. The normalized spacial score (nSPS) is 10.1. The van der Waals surface area contributed by atoms with Crippen LogP contribution < -0.4 is 5.32 Å². The topological polar surface area (TPSA) is 136 Å². The molecule has 2 aromatic carbocycles. The van der Waals surface area contributed by atoms with Crippen molar-refractivity contribution in [1.82, 2.24) is 0 Å². The van der Waals surface area contributed by atoms with Gasteiger partial charge >= 0.3 is 0 Å². The molecule has 2 N–H and O–H groups in total. The summed E-state index contributed by atoms with van der Waals surface area (Å²) in [5.74, 6) is -0.817. The SMILES string of the molecule is O=C(Cc1ccc([N+](=O)[O-])cc1)Nc1cc([N+](=O)[O-])ccc1O. The van der Waals surface area contributed by atoms with E-state index in [1.165, 1.54) is 24.3 Å². The smallest absolute Gasteiger partial charge is 0.271 e. The molecule has 0 fully saturated rings. The van der Waals surface area contributed by atoms with E-state index in [1.54, 1.807) is 0 Å². The molecule has 0 aliphatic carbocycles. The number of carbonyl (C=O) groups is 1. The van der Waals surface area contributed by atoms with Gasteiger partial charge in [0.2, 0.25) is 5.91 Å². The van der Waals surface area contributed by atoms with E-state index < -0.39 is 15.8 Å². The molecule has 2 rings (SSSR count). The minimum Gasteiger partial charge on any atom is -0.506 e. The Morgan fingerprint density at radius 2 is 1.57 bits per heavy atom. The van der Waals surface area contributed by atoms with Crippen molar-refractivity contribution < 1.29 is 19.7 Å². The number of nitrogens with zero attached hydrogens (tertiary/aromatic N) is 2. The number of anilines is 1. The molecule has 0 aliphatic heterocycles. The number of carbonyl (C=O) groups excluding carboxylic acids is 1. The van der Waals surface area contributed by atoms with Crippen molar-refractivity contribution in [3.05, 3.63) is 68.3 Å². The molecule has 9 nitrogen and oxygen atoms in total. The predicted octanol–water partition coefficient (Wildman–Crippen LogP) is 2.39. The Bertz CT molecular complexity index is 773. The summed E-state index contributed by atoms with van der Waals surface area (Å²) in [6, 6.07) is 8.68. The summed E-state index contributed by atoms with van der Waals surface area (Å²) in [7, 11) is 0. The lowest BCUT2D eigenvalue weighted by Gasteiger charge is -2.07. The first-order valence-electron chi connectivity index (χ1n) is 6.37. The number of amides is 1. The first-order valence-corrected chi connectivity index (χ1v) is 6.37. The number of nitro groups is 2. The van der Waals surface area contributed by atoms with Crippen LogP contribution >= 0.6 is 0 Å². The van der Waals surface area contributed by atoms with Gasteiger partial charge in [-0.05, 0) is 11.6 Å². The second kappa shape index (κ2) is 6.52. The minimum absolute atomic E-state index is 0.0777. The number of nitro benzene ring substituents is 2. The summed E-state index contributed by atoms with van der Waals surface area (Å²) < 4.78 is 0. The molecule has 0 aliphatic rings. The van der Waals surface area contributed by atoms with Crippen molar-refractivity contribution in [3.63, 3.8) is 0 Å². The summed E-state index contributed by atoms with van der Waals surface area (Å²) in [6.45, 7) is 0. The molecule has 9 heteroatoms. The maximum Gasteiger partial charge on any atom is 0.271 e. The van der Waals surface area contributed by atoms with Crippen molar-refractivity contribution in [2.24, 2.45) is 0 Å². The summed E-state index contributed by atoms with van der Waals surface area (Å²) in [4.78, 5) is 31.9. The third-order valence-corrected chi connectivity index (χ3v) is 2.98. The molecule has 0 unspecified atom stereocenters. The zero-order valence-corrected chi connectivity index (χ0v) is 11.6. The first kappa shape index (κ1) is 15.9. The fourth-order valence-electron chi connectivity index (χ4n) is 1.85. The zero-order chi connectivity index (χ0) is 17.0. The van der Waals surface area contributed by atoms with E-state index >= 15 is 0 Å². The van der Waals surface area contributed by atoms with Gasteiger partial charge in [-0.3, -0.25) is 25.0 Å². The van der Waals surface area contributed by atoms with Gasteiger partial charge in [0.25, 0.3) is 11.4 Å². The average molecular weight is 317 g/mol. The second-order valence-electron chi connectivity index (χ2n) is 4.61. The molecule has 0 saturated heterocycles. The van der Waals surface area contributed by atoms with E-state index in [2.05, 4.69) is 5.32 Å². The van der Waals surface area contributed by atoms with E-state index in [9.17, 15) is 30.1 Å². The van der Waals surface area contributed by atoms with Crippen molar-refractivity contribution in [1.29, 1.82) is 0 Å². The third-order valence-electron chi connectivity index (χ3n) is 2.98. The monoisotopic (exact) mass is 317 g/mol. The van der Waals surface area contributed by atoms with Crippen molar-refractivity contribution in [2.75, 3.05) is 5.32 Å². The largest absolute Gasteiger partial charge is 0.506 e. The van der Waals surface area contributed by atoms with Crippen LogP contribution in [0.15, 0.2) is 42.5 Å². The minimum atomic E-state index is -0.647. The van der Waals surface area contributed by atoms with Gasteiger partial charge in [0.1, 0.15) is 5.75 Å². The Morgan fingerprint density at radius 3 is 2.13 bits per heavy atom. The molecule has 1 amide bonds. The fourth-order valence-corrected chi connectivity index (χ4v) is 1.85. The molecule has 0 radical (unpaired) electrons. The Hall–Kier alpha value is -3.49. The second-order valence-corrected chi connectivity index (χ2v) is 4.61. The standard InChI is InChI=1S/C14H11N3O6/c18-13-6-5-11(17(22)23)8-12(13)15-14(19)7-9-1-3-10(4-2-9)16(20)21/h1-6,8,18H,7H2,(H,15,19). The molecule has 0 spiro atoms. The molecular weight excluding hydrogens is 306 g/mol. The Labute approximate surface area is 129 Å². The number of non-ortho nitro benzene ring substituents is 2. The average Bonchev–Trinajstić information content (AvgIpc) is 2.49. The van der Waals surface area contributed by atoms with Gasteiger partial charge in [-0.1, -0.05) is 12.1 Å². The van der Waals surface area contributed by atoms with Crippen LogP contribution in [0.3, 0.4) is 0 Å². The molecule has 0 bridgehead atoms. The van der Waals surface area contributed by atoms with Gasteiger partial charge in [-0.2, -0.15) is 0 Å². The number of nitrogens with one attached hydrogen (secondary N) is 1. The van der Waals surface area contributed by atoms with Crippen LogP contribution in [0.1, 0.15) is 5.56 Å². The van der Waals surface area contributed by atoms with Crippen LogP contribution in [0.2, 0.25) is 0 Å². The van der Waals surface area contributed by atoms with Crippen LogP contribution in [-0.2, 0) is 11.2 Å². The first-order chi connectivity index (χ1) is 10.9. The molecule has 0 saturated carbocycles. The van der Waals surface area contributed by atoms with Crippen LogP contribution in [-0.4, -0.2) is 20.9 Å². The Kier molecular flexibility index (Phi) is 4.50. The van der Waals surface area contributed by atoms with Crippen molar-refractivity contribution >= 4 is 23.0 Å². The summed E-state index contributed by atoms with van der Waals surface area (Å²) in [6.07, 6.45) is -0.0971. The lowest BCUT2D eigenvalue weighted by atomic mass is 10.1. The summed E-state index contributed by atoms with van der Waals surface area (Å²) in [5, 5.41) is 33.2. The number of hydrogen-bond acceptors (Lipinski definition) is 6. The van der Waals surface area contributed by atoms with Crippen molar-refractivity contribution in [2.45, 2.75) is 6.42 Å². The molecule has 0 atom stereocenters. The molecule has 23 heavy (non-hydrogen) atoms. The molecule has 0 aromatic heterocycles. The van der Waals surface area contributed by atoms with E-state index in [1.807, 2.05) is 0 Å². The van der Waals surface area contributed by atoms with Gasteiger partial charge in [0, 0.05) is 24.3 Å². The quantitative estimate of drug-likeness (QED) is 0.493. The number of aromatic hydroxyl groups is 1. The molecule has 118 valence electrons. The molecule has 2 aromatic rings. The van der Waals surface area contributed by atoms with Gasteiger partial charge in [0.15, 0.2) is 0 Å². The predicted molar refractivity (Wildman–Crippen MR) is 80.2 cm³/mol. The zero-order valence-electron chi connectivity index (χ0n) is 11.6. The Balaban J connectivity index is 2.09. The van der Waals surface area contributed by atoms with Gasteiger partial charge < -0.3 is 10.4 Å². The van der Waals surface area contributed by atoms with Crippen LogP contribution in [0.25, 0.3) is 0 Å². The number of hydrogen-bond donors (Lipinski definition) is 2. The maximum atomic E-state index is 11.9. The van der Waals surface area contributed by atoms with E-state index in [4.69, 9.17) is 0 Å². The van der Waals surface area contributed by atoms with E-state index in [0.29, 0.717) is 5.56 Å². The van der Waals surface area contributed by atoms with Crippen LogP contribution in [0.5, 0.6) is 5.75 Å². The van der Waals surface area contributed by atoms with Crippen LogP contribution in [0, 0.1) is 20.2 Å². The number of benzene rings is 2. The lowest BCUT2D eigenvalue weighted by Crippen LogP contribution is -2.14. The highest BCUT2D eigenvalue weighted by Gasteiger charge is 2.13. The number of phenols is 1. The molecular formula is C14H11N3O6. The van der Waals surface area contributed by atoms with Gasteiger partial charge in [0.05, 0.1) is 22.0 Å².